The molecule has 0 bridgehead atoms. The number of likely N-dealkylation sites (tertiary alicyclic amines) is 1. The molecule has 3 rings (SSSR count). The van der Waals surface area contributed by atoms with Crippen molar-refractivity contribution in [3.63, 3.8) is 0 Å². The Bertz CT molecular complexity index is 728. The largest absolute Gasteiger partial charge is 0.381 e. The highest BCUT2D eigenvalue weighted by molar-refractivity contribution is 9.10. The first kappa shape index (κ1) is 18.7. The SMILES string of the molecule is CN=C(NCCS(=O)(=O)c1ccc(Br)cc1)N1CCC2(CCOC2)C1. The van der Waals surface area contributed by atoms with Crippen LogP contribution in [0.1, 0.15) is 12.8 Å². The van der Waals surface area contributed by atoms with Gasteiger partial charge in [-0.15, -0.1) is 0 Å². The molecule has 2 aliphatic heterocycles. The van der Waals surface area contributed by atoms with E-state index in [1.165, 1.54) is 0 Å². The highest BCUT2D eigenvalue weighted by atomic mass is 79.9. The molecule has 2 aliphatic rings. The number of hydrogen-bond acceptors (Lipinski definition) is 4. The molecular formula is C17H24BrN3O3S. The maximum Gasteiger partial charge on any atom is 0.193 e. The molecule has 6 nitrogen and oxygen atoms in total. The highest BCUT2D eigenvalue weighted by Gasteiger charge is 2.42. The summed E-state index contributed by atoms with van der Waals surface area (Å²) in [4.78, 5) is 6.87. The van der Waals surface area contributed by atoms with Crippen LogP contribution in [0.2, 0.25) is 0 Å². The van der Waals surface area contributed by atoms with Crippen molar-refractivity contribution < 1.29 is 13.2 Å². The summed E-state index contributed by atoms with van der Waals surface area (Å²) in [6, 6.07) is 6.73. The van der Waals surface area contributed by atoms with Crippen molar-refractivity contribution in [2.45, 2.75) is 17.7 Å². The molecule has 2 heterocycles. The lowest BCUT2D eigenvalue weighted by Crippen LogP contribution is -2.43. The standard InChI is InChI=1S/C17H24BrN3O3S/c1-19-16(21-9-6-17(12-21)7-10-24-13-17)20-8-11-25(22,23)15-4-2-14(18)3-5-15/h2-5H,6-13H2,1H3,(H,19,20). The lowest BCUT2D eigenvalue weighted by Gasteiger charge is -2.24. The van der Waals surface area contributed by atoms with Crippen molar-refractivity contribution in [1.29, 1.82) is 0 Å². The Morgan fingerprint density at radius 1 is 1.36 bits per heavy atom. The lowest BCUT2D eigenvalue weighted by atomic mass is 9.87. The number of nitrogens with zero attached hydrogens (tertiary/aromatic N) is 2. The summed E-state index contributed by atoms with van der Waals surface area (Å²) in [6.07, 6.45) is 2.20. The Morgan fingerprint density at radius 2 is 2.12 bits per heavy atom. The molecule has 0 aromatic heterocycles. The number of benzene rings is 1. The van der Waals surface area contributed by atoms with E-state index in [0.717, 1.165) is 49.6 Å². The Balaban J connectivity index is 1.54. The maximum absolute atomic E-state index is 12.4. The van der Waals surface area contributed by atoms with Gasteiger partial charge >= 0.3 is 0 Å². The predicted molar refractivity (Wildman–Crippen MR) is 102 cm³/mol. The summed E-state index contributed by atoms with van der Waals surface area (Å²) in [5, 5.41) is 3.20. The first-order valence-electron chi connectivity index (χ1n) is 8.46. The van der Waals surface area contributed by atoms with Gasteiger partial charge in [0.05, 0.1) is 17.3 Å². The van der Waals surface area contributed by atoms with E-state index < -0.39 is 9.84 Å². The average molecular weight is 430 g/mol. The molecule has 2 saturated heterocycles. The van der Waals surface area contributed by atoms with Gasteiger partial charge in [-0.25, -0.2) is 8.42 Å². The van der Waals surface area contributed by atoms with Crippen LogP contribution < -0.4 is 5.32 Å². The zero-order valence-electron chi connectivity index (χ0n) is 14.4. The molecule has 0 saturated carbocycles. The van der Waals surface area contributed by atoms with Crippen molar-refractivity contribution in [2.75, 3.05) is 45.6 Å². The quantitative estimate of drug-likeness (QED) is 0.584. The third-order valence-corrected chi connectivity index (χ3v) is 7.22. The lowest BCUT2D eigenvalue weighted by molar-refractivity contribution is 0.156. The fourth-order valence-electron chi connectivity index (χ4n) is 3.48. The van der Waals surface area contributed by atoms with Gasteiger partial charge in [0.2, 0.25) is 0 Å². The van der Waals surface area contributed by atoms with Crippen LogP contribution in [0, 0.1) is 5.41 Å². The minimum atomic E-state index is -3.30. The predicted octanol–water partition coefficient (Wildman–Crippen LogP) is 1.91. The van der Waals surface area contributed by atoms with Gasteiger partial charge in [-0.05, 0) is 37.1 Å². The van der Waals surface area contributed by atoms with Crippen LogP contribution in [-0.4, -0.2) is 64.9 Å². The van der Waals surface area contributed by atoms with Crippen molar-refractivity contribution in [3.8, 4) is 0 Å². The number of ether oxygens (including phenoxy) is 1. The van der Waals surface area contributed by atoms with Crippen molar-refractivity contribution in [1.82, 2.24) is 10.2 Å². The van der Waals surface area contributed by atoms with E-state index >= 15 is 0 Å². The Kier molecular flexibility index (Phi) is 5.70. The number of halogens is 1. The number of hydrogen-bond donors (Lipinski definition) is 1. The van der Waals surface area contributed by atoms with Gasteiger partial charge in [-0.2, -0.15) is 0 Å². The Morgan fingerprint density at radius 3 is 2.76 bits per heavy atom. The molecule has 0 radical (unpaired) electrons. The summed E-state index contributed by atoms with van der Waals surface area (Å²) >= 11 is 3.32. The van der Waals surface area contributed by atoms with E-state index in [-0.39, 0.29) is 11.2 Å². The highest BCUT2D eigenvalue weighted by Crippen LogP contribution is 2.38. The molecule has 25 heavy (non-hydrogen) atoms. The van der Waals surface area contributed by atoms with Crippen LogP contribution in [-0.2, 0) is 14.6 Å². The van der Waals surface area contributed by atoms with Crippen molar-refractivity contribution >= 4 is 31.7 Å². The second-order valence-corrected chi connectivity index (χ2v) is 9.75. The van der Waals surface area contributed by atoms with Gasteiger partial charge in [0.25, 0.3) is 0 Å². The minimum Gasteiger partial charge on any atom is -0.381 e. The van der Waals surface area contributed by atoms with Gasteiger partial charge in [-0.1, -0.05) is 15.9 Å². The van der Waals surface area contributed by atoms with Gasteiger partial charge in [0, 0.05) is 43.2 Å². The van der Waals surface area contributed by atoms with Gasteiger partial charge in [0.1, 0.15) is 0 Å². The fraction of sp³-hybridized carbons (Fsp3) is 0.588. The van der Waals surface area contributed by atoms with Crippen LogP contribution in [0.4, 0.5) is 0 Å². The third-order valence-electron chi connectivity index (χ3n) is 4.96. The van der Waals surface area contributed by atoms with Crippen LogP contribution in [0.3, 0.4) is 0 Å². The zero-order valence-corrected chi connectivity index (χ0v) is 16.8. The maximum atomic E-state index is 12.4. The van der Waals surface area contributed by atoms with Gasteiger partial charge in [0.15, 0.2) is 15.8 Å². The second-order valence-electron chi connectivity index (χ2n) is 6.72. The minimum absolute atomic E-state index is 0.0374. The molecule has 1 aromatic carbocycles. The monoisotopic (exact) mass is 429 g/mol. The third kappa shape index (κ3) is 4.35. The van der Waals surface area contributed by atoms with E-state index in [2.05, 4.69) is 31.1 Å². The van der Waals surface area contributed by atoms with Crippen LogP contribution in [0.25, 0.3) is 0 Å². The number of nitrogens with one attached hydrogen (secondary N) is 1. The summed E-state index contributed by atoms with van der Waals surface area (Å²) in [5.41, 5.74) is 0.251. The van der Waals surface area contributed by atoms with Gasteiger partial charge < -0.3 is 15.0 Å². The Hall–Kier alpha value is -1.12. The van der Waals surface area contributed by atoms with E-state index in [9.17, 15) is 8.42 Å². The summed E-state index contributed by atoms with van der Waals surface area (Å²) in [6.45, 7) is 3.85. The molecule has 138 valence electrons. The molecule has 1 N–H and O–H groups in total. The summed E-state index contributed by atoms with van der Waals surface area (Å²) < 4.78 is 31.2. The van der Waals surface area contributed by atoms with E-state index in [1.807, 2.05) is 0 Å². The molecule has 8 heteroatoms. The average Bonchev–Trinajstić information content (AvgIpc) is 3.22. The number of guanidine groups is 1. The first-order chi connectivity index (χ1) is 11.9. The molecule has 1 spiro atoms. The Labute approximate surface area is 157 Å². The molecule has 1 aromatic rings. The smallest absolute Gasteiger partial charge is 0.193 e. The van der Waals surface area contributed by atoms with Crippen LogP contribution >= 0.6 is 15.9 Å². The normalized spacial score (nSPS) is 24.2. The molecule has 0 amide bonds. The van der Waals surface area contributed by atoms with E-state index in [4.69, 9.17) is 4.74 Å². The van der Waals surface area contributed by atoms with Crippen LogP contribution in [0.5, 0.6) is 0 Å². The number of sulfone groups is 1. The first-order valence-corrected chi connectivity index (χ1v) is 10.9. The van der Waals surface area contributed by atoms with Crippen LogP contribution in [0.15, 0.2) is 38.6 Å². The number of rotatable bonds is 4. The number of aliphatic imine (C=N–C) groups is 1. The van der Waals surface area contributed by atoms with Crippen molar-refractivity contribution in [2.24, 2.45) is 10.4 Å². The van der Waals surface area contributed by atoms with Crippen molar-refractivity contribution in [3.05, 3.63) is 28.7 Å². The zero-order chi connectivity index (χ0) is 17.9. The van der Waals surface area contributed by atoms with E-state index in [0.29, 0.717) is 11.4 Å². The van der Waals surface area contributed by atoms with E-state index in [1.54, 1.807) is 31.3 Å². The molecule has 1 atom stereocenters. The molecule has 0 aliphatic carbocycles. The summed E-state index contributed by atoms with van der Waals surface area (Å²) in [7, 11) is -1.57. The second kappa shape index (κ2) is 7.63. The summed E-state index contributed by atoms with van der Waals surface area (Å²) in [5.74, 6) is 0.810. The fourth-order valence-corrected chi connectivity index (χ4v) is 4.90. The van der Waals surface area contributed by atoms with Gasteiger partial charge in [-0.3, -0.25) is 4.99 Å². The molecule has 2 fully saturated rings. The molecule has 1 unspecified atom stereocenters. The molecular weight excluding hydrogens is 406 g/mol. The topological polar surface area (TPSA) is 71.0 Å².